The van der Waals surface area contributed by atoms with Crippen LogP contribution in [0.15, 0.2) is 24.3 Å². The van der Waals surface area contributed by atoms with Crippen LogP contribution in [0.3, 0.4) is 0 Å². The van der Waals surface area contributed by atoms with Gasteiger partial charge >= 0.3 is 0 Å². The van der Waals surface area contributed by atoms with E-state index in [0.717, 1.165) is 17.2 Å². The monoisotopic (exact) mass is 292 g/mol. The normalized spacial score (nSPS) is 24.1. The van der Waals surface area contributed by atoms with E-state index in [9.17, 15) is 4.79 Å². The summed E-state index contributed by atoms with van der Waals surface area (Å²) < 4.78 is 5.13. The van der Waals surface area contributed by atoms with Gasteiger partial charge in [-0.1, -0.05) is 19.8 Å². The summed E-state index contributed by atoms with van der Waals surface area (Å²) in [6.45, 7) is 4.36. The first-order valence-electron chi connectivity index (χ1n) is 7.44. The first-order chi connectivity index (χ1) is 9.60. The lowest BCUT2D eigenvalue weighted by molar-refractivity contribution is 0.0993. The fraction of sp³-hybridized carbons (Fsp3) is 0.588. The molecule has 1 aliphatic carbocycles. The van der Waals surface area contributed by atoms with Crippen molar-refractivity contribution in [1.29, 1.82) is 0 Å². The Morgan fingerprint density at radius 1 is 1.30 bits per heavy atom. The molecule has 2 nitrogen and oxygen atoms in total. The molecule has 0 bridgehead atoms. The molecule has 0 aliphatic heterocycles. The van der Waals surface area contributed by atoms with Gasteiger partial charge in [-0.15, -0.1) is 11.8 Å². The molecule has 0 heterocycles. The zero-order valence-corrected chi connectivity index (χ0v) is 13.4. The first-order valence-corrected chi connectivity index (χ1v) is 8.38. The van der Waals surface area contributed by atoms with Gasteiger partial charge in [0.25, 0.3) is 0 Å². The molecule has 2 rings (SSSR count). The zero-order valence-electron chi connectivity index (χ0n) is 12.6. The van der Waals surface area contributed by atoms with Gasteiger partial charge in [-0.2, -0.15) is 0 Å². The van der Waals surface area contributed by atoms with Gasteiger partial charge < -0.3 is 4.74 Å². The lowest BCUT2D eigenvalue weighted by Crippen LogP contribution is -2.22. The number of carbonyl (C=O) groups excluding carboxylic acids is 1. The van der Waals surface area contributed by atoms with Crippen molar-refractivity contribution in [3.63, 3.8) is 0 Å². The lowest BCUT2D eigenvalue weighted by atomic mass is 9.91. The fourth-order valence-corrected chi connectivity index (χ4v) is 4.42. The van der Waals surface area contributed by atoms with E-state index in [0.29, 0.717) is 5.25 Å². The Balaban J connectivity index is 1.93. The van der Waals surface area contributed by atoms with Crippen LogP contribution in [0.5, 0.6) is 5.75 Å². The largest absolute Gasteiger partial charge is 0.497 e. The molecule has 1 saturated carbocycles. The van der Waals surface area contributed by atoms with E-state index in [1.54, 1.807) is 7.11 Å². The van der Waals surface area contributed by atoms with Crippen molar-refractivity contribution in [2.75, 3.05) is 7.11 Å². The Hall–Kier alpha value is -0.960. The fourth-order valence-electron chi connectivity index (χ4n) is 2.84. The molecule has 0 radical (unpaired) electrons. The van der Waals surface area contributed by atoms with Crippen LogP contribution in [-0.2, 0) is 0 Å². The maximum absolute atomic E-state index is 12.4. The Kier molecular flexibility index (Phi) is 5.53. The molecule has 3 heteroatoms. The van der Waals surface area contributed by atoms with Crippen molar-refractivity contribution in [2.45, 2.75) is 50.0 Å². The molecule has 1 fully saturated rings. The molecule has 0 amide bonds. The van der Waals surface area contributed by atoms with Gasteiger partial charge in [-0.3, -0.25) is 4.79 Å². The summed E-state index contributed by atoms with van der Waals surface area (Å²) >= 11 is 1.86. The van der Waals surface area contributed by atoms with Crippen molar-refractivity contribution in [3.05, 3.63) is 29.8 Å². The molecule has 1 aliphatic rings. The molecular weight excluding hydrogens is 268 g/mol. The Bertz CT molecular complexity index is 441. The van der Waals surface area contributed by atoms with Gasteiger partial charge in [-0.05, 0) is 49.9 Å². The van der Waals surface area contributed by atoms with E-state index in [4.69, 9.17) is 4.74 Å². The highest BCUT2D eigenvalue weighted by Crippen LogP contribution is 2.35. The second-order valence-electron chi connectivity index (χ2n) is 5.76. The number of hydrogen-bond acceptors (Lipinski definition) is 3. The summed E-state index contributed by atoms with van der Waals surface area (Å²) in [4.78, 5) is 12.4. The van der Waals surface area contributed by atoms with Gasteiger partial charge in [0.05, 0.1) is 12.4 Å². The average molecular weight is 292 g/mol. The van der Waals surface area contributed by atoms with E-state index in [-0.39, 0.29) is 11.0 Å². The highest BCUT2D eigenvalue weighted by Gasteiger charge is 2.24. The minimum absolute atomic E-state index is 0.0405. The first kappa shape index (κ1) is 15.4. The smallest absolute Gasteiger partial charge is 0.175 e. The van der Waals surface area contributed by atoms with Crippen molar-refractivity contribution in [1.82, 2.24) is 0 Å². The van der Waals surface area contributed by atoms with Crippen LogP contribution in [-0.4, -0.2) is 23.4 Å². The van der Waals surface area contributed by atoms with Gasteiger partial charge in [0, 0.05) is 10.8 Å². The molecule has 0 spiro atoms. The van der Waals surface area contributed by atoms with E-state index in [2.05, 4.69) is 6.92 Å². The molecule has 3 atom stereocenters. The van der Waals surface area contributed by atoms with Crippen LogP contribution in [0.4, 0.5) is 0 Å². The van der Waals surface area contributed by atoms with Crippen LogP contribution in [0.25, 0.3) is 0 Å². The Morgan fingerprint density at radius 3 is 2.60 bits per heavy atom. The van der Waals surface area contributed by atoms with Crippen molar-refractivity contribution in [3.8, 4) is 5.75 Å². The lowest BCUT2D eigenvalue weighted by Gasteiger charge is -2.28. The highest BCUT2D eigenvalue weighted by atomic mass is 32.2. The van der Waals surface area contributed by atoms with E-state index < -0.39 is 0 Å². The Morgan fingerprint density at radius 2 is 2.00 bits per heavy atom. The third-order valence-corrected chi connectivity index (χ3v) is 5.46. The summed E-state index contributed by atoms with van der Waals surface area (Å²) in [5, 5.41) is 0.689. The molecule has 0 saturated heterocycles. The molecule has 3 unspecified atom stereocenters. The number of rotatable bonds is 5. The van der Waals surface area contributed by atoms with Gasteiger partial charge in [0.2, 0.25) is 0 Å². The summed E-state index contributed by atoms with van der Waals surface area (Å²) in [5.41, 5.74) is 0.787. The van der Waals surface area contributed by atoms with Crippen LogP contribution >= 0.6 is 11.8 Å². The summed E-state index contributed by atoms with van der Waals surface area (Å²) in [6, 6.07) is 7.43. The van der Waals surface area contributed by atoms with E-state index in [1.807, 2.05) is 43.0 Å². The highest BCUT2D eigenvalue weighted by molar-refractivity contribution is 8.01. The predicted molar refractivity (Wildman–Crippen MR) is 85.8 cm³/mol. The number of methoxy groups -OCH3 is 1. The molecule has 1 aromatic rings. The van der Waals surface area contributed by atoms with Gasteiger partial charge in [0.15, 0.2) is 5.78 Å². The topological polar surface area (TPSA) is 26.3 Å². The number of ether oxygens (including phenoxy) is 1. The molecule has 110 valence electrons. The van der Waals surface area contributed by atoms with E-state index >= 15 is 0 Å². The van der Waals surface area contributed by atoms with Crippen LogP contribution < -0.4 is 4.74 Å². The second kappa shape index (κ2) is 7.16. The second-order valence-corrected chi connectivity index (χ2v) is 7.41. The number of hydrogen-bond donors (Lipinski definition) is 0. The third kappa shape index (κ3) is 4.02. The van der Waals surface area contributed by atoms with Crippen molar-refractivity contribution >= 4 is 17.5 Å². The van der Waals surface area contributed by atoms with Gasteiger partial charge in [0.1, 0.15) is 5.75 Å². The number of benzene rings is 1. The van der Waals surface area contributed by atoms with Crippen molar-refractivity contribution in [2.24, 2.45) is 5.92 Å². The minimum Gasteiger partial charge on any atom is -0.497 e. The van der Waals surface area contributed by atoms with Crippen LogP contribution in [0.1, 0.15) is 49.9 Å². The average Bonchev–Trinajstić information content (AvgIpc) is 2.46. The summed E-state index contributed by atoms with van der Waals surface area (Å²) in [5.74, 6) is 1.84. The predicted octanol–water partition coefficient (Wildman–Crippen LogP) is 4.58. The maximum atomic E-state index is 12.4. The zero-order chi connectivity index (χ0) is 14.5. The van der Waals surface area contributed by atoms with Crippen molar-refractivity contribution < 1.29 is 9.53 Å². The standard InChI is InChI=1S/C17H24O2S/c1-12-5-4-6-16(11-12)20-13(2)17(18)14-7-9-15(19-3)10-8-14/h7-10,12-13,16H,4-6,11H2,1-3H3. The SMILES string of the molecule is COc1ccc(C(=O)C(C)SC2CCCC(C)C2)cc1. The van der Waals surface area contributed by atoms with Crippen LogP contribution in [0, 0.1) is 5.92 Å². The summed E-state index contributed by atoms with van der Waals surface area (Å²) in [6.07, 6.45) is 5.17. The minimum atomic E-state index is 0.0405. The van der Waals surface area contributed by atoms with Crippen LogP contribution in [0.2, 0.25) is 0 Å². The number of thioether (sulfide) groups is 1. The Labute approximate surface area is 126 Å². The number of Topliss-reactive ketones (excluding diaryl/α,β-unsaturated/α-hetero) is 1. The quantitative estimate of drug-likeness (QED) is 0.743. The number of ketones is 1. The number of carbonyl (C=O) groups is 1. The van der Waals surface area contributed by atoms with E-state index in [1.165, 1.54) is 25.7 Å². The third-order valence-electron chi connectivity index (χ3n) is 4.03. The molecule has 0 N–H and O–H groups in total. The molecule has 20 heavy (non-hydrogen) atoms. The molecule has 0 aromatic heterocycles. The summed E-state index contributed by atoms with van der Waals surface area (Å²) in [7, 11) is 1.64. The molecule has 1 aromatic carbocycles. The molecular formula is C17H24O2S. The maximum Gasteiger partial charge on any atom is 0.175 e. The van der Waals surface area contributed by atoms with Gasteiger partial charge in [-0.25, -0.2) is 0 Å².